The Hall–Kier alpha value is -3.82. The van der Waals surface area contributed by atoms with E-state index in [4.69, 9.17) is 4.52 Å². The molecule has 2 N–H and O–H groups in total. The molecule has 172 valence electrons. The summed E-state index contributed by atoms with van der Waals surface area (Å²) in [5.74, 6) is 0.651. The van der Waals surface area contributed by atoms with Crippen molar-refractivity contribution in [2.24, 2.45) is 5.92 Å². The van der Waals surface area contributed by atoms with Crippen LogP contribution in [0.4, 0.5) is 14.9 Å². The summed E-state index contributed by atoms with van der Waals surface area (Å²) in [5.41, 5.74) is 1.19. The van der Waals surface area contributed by atoms with E-state index in [-0.39, 0.29) is 18.2 Å². The molecular weight excluding hydrogens is 427 g/mol. The highest BCUT2D eigenvalue weighted by atomic mass is 19.1. The van der Waals surface area contributed by atoms with Gasteiger partial charge in [-0.05, 0) is 49.1 Å². The third kappa shape index (κ3) is 6.34. The van der Waals surface area contributed by atoms with Crippen molar-refractivity contribution >= 4 is 17.6 Å². The number of aromatic nitrogens is 3. The lowest BCUT2D eigenvalue weighted by Crippen LogP contribution is -2.44. The fourth-order valence-electron chi connectivity index (χ4n) is 3.78. The summed E-state index contributed by atoms with van der Waals surface area (Å²) in [5, 5.41) is 9.38. The second-order valence-electron chi connectivity index (χ2n) is 7.94. The van der Waals surface area contributed by atoms with E-state index in [1.54, 1.807) is 30.6 Å². The largest absolute Gasteiger partial charge is 0.342 e. The maximum atomic E-state index is 13.2. The SMILES string of the molecule is O=C(NCC1CCCN(C(=O)CCc2nc(-c3ccncc3)no2)C1)Nc1cccc(F)c1. The highest BCUT2D eigenvalue weighted by molar-refractivity contribution is 5.89. The summed E-state index contributed by atoms with van der Waals surface area (Å²) >= 11 is 0. The Balaban J connectivity index is 1.21. The number of halogens is 1. The minimum absolute atomic E-state index is 0.0209. The Kier molecular flexibility index (Phi) is 7.23. The fraction of sp³-hybridized carbons (Fsp3) is 0.348. The molecule has 1 aromatic carbocycles. The number of nitrogens with one attached hydrogen (secondary N) is 2. The van der Waals surface area contributed by atoms with E-state index < -0.39 is 11.8 Å². The van der Waals surface area contributed by atoms with Crippen LogP contribution in [0.25, 0.3) is 11.4 Å². The number of carbonyl (C=O) groups excluding carboxylic acids is 2. The van der Waals surface area contributed by atoms with Gasteiger partial charge in [-0.25, -0.2) is 9.18 Å². The molecule has 0 radical (unpaired) electrons. The van der Waals surface area contributed by atoms with E-state index in [0.717, 1.165) is 18.4 Å². The van der Waals surface area contributed by atoms with Gasteiger partial charge < -0.3 is 20.1 Å². The summed E-state index contributed by atoms with van der Waals surface area (Å²) in [6, 6.07) is 8.90. The van der Waals surface area contributed by atoms with Crippen LogP contribution in [0.2, 0.25) is 0 Å². The second kappa shape index (κ2) is 10.7. The Morgan fingerprint density at radius 2 is 2.06 bits per heavy atom. The average Bonchev–Trinajstić information content (AvgIpc) is 3.31. The van der Waals surface area contributed by atoms with Gasteiger partial charge >= 0.3 is 6.03 Å². The third-order valence-corrected chi connectivity index (χ3v) is 5.46. The molecule has 33 heavy (non-hydrogen) atoms. The Morgan fingerprint density at radius 1 is 1.21 bits per heavy atom. The summed E-state index contributed by atoms with van der Waals surface area (Å²) < 4.78 is 18.5. The molecule has 3 heterocycles. The number of piperidine rings is 1. The molecule has 1 atom stereocenters. The van der Waals surface area contributed by atoms with Crippen LogP contribution in [0.3, 0.4) is 0 Å². The molecular formula is C23H25FN6O3. The number of pyridine rings is 1. The predicted octanol–water partition coefficient (Wildman–Crippen LogP) is 3.26. The highest BCUT2D eigenvalue weighted by Crippen LogP contribution is 2.18. The third-order valence-electron chi connectivity index (χ3n) is 5.46. The van der Waals surface area contributed by atoms with Crippen molar-refractivity contribution in [3.63, 3.8) is 0 Å². The Morgan fingerprint density at radius 3 is 2.88 bits per heavy atom. The summed E-state index contributed by atoms with van der Waals surface area (Å²) in [6.45, 7) is 1.70. The molecule has 9 nitrogen and oxygen atoms in total. The van der Waals surface area contributed by atoms with Crippen molar-refractivity contribution < 1.29 is 18.5 Å². The van der Waals surface area contributed by atoms with Gasteiger partial charge in [-0.15, -0.1) is 0 Å². The first-order chi connectivity index (χ1) is 16.1. The van der Waals surface area contributed by atoms with E-state index in [0.29, 0.717) is 43.5 Å². The molecule has 10 heteroatoms. The molecule has 3 amide bonds. The van der Waals surface area contributed by atoms with Gasteiger partial charge in [0.15, 0.2) is 0 Å². The zero-order chi connectivity index (χ0) is 23.0. The monoisotopic (exact) mass is 452 g/mol. The standard InChI is InChI=1S/C23H25FN6O3/c24-18-4-1-5-19(13-18)27-23(32)26-14-16-3-2-12-30(15-16)21(31)7-6-20-28-22(29-33-20)17-8-10-25-11-9-17/h1,4-5,8-11,13,16H,2-3,6-7,12,14-15H2,(H2,26,27,32). The minimum Gasteiger partial charge on any atom is -0.342 e. The van der Waals surface area contributed by atoms with Crippen molar-refractivity contribution in [1.82, 2.24) is 25.3 Å². The van der Waals surface area contributed by atoms with Gasteiger partial charge in [-0.2, -0.15) is 4.98 Å². The van der Waals surface area contributed by atoms with Crippen LogP contribution in [0.1, 0.15) is 25.2 Å². The normalized spacial score (nSPS) is 15.8. The lowest BCUT2D eigenvalue weighted by molar-refractivity contribution is -0.133. The molecule has 0 bridgehead atoms. The number of rotatable bonds is 7. The molecule has 1 saturated heterocycles. The molecule has 2 aromatic heterocycles. The van der Waals surface area contributed by atoms with Crippen molar-refractivity contribution in [1.29, 1.82) is 0 Å². The summed E-state index contributed by atoms with van der Waals surface area (Å²) in [7, 11) is 0. The number of hydrogen-bond acceptors (Lipinski definition) is 6. The van der Waals surface area contributed by atoms with Crippen LogP contribution < -0.4 is 10.6 Å². The topological polar surface area (TPSA) is 113 Å². The van der Waals surface area contributed by atoms with Crippen LogP contribution in [0.5, 0.6) is 0 Å². The Bertz CT molecular complexity index is 1090. The van der Waals surface area contributed by atoms with E-state index in [1.807, 2.05) is 4.90 Å². The van der Waals surface area contributed by atoms with Gasteiger partial charge in [0.25, 0.3) is 0 Å². The zero-order valence-electron chi connectivity index (χ0n) is 18.0. The van der Waals surface area contributed by atoms with Gasteiger partial charge in [-0.1, -0.05) is 11.2 Å². The maximum absolute atomic E-state index is 13.2. The molecule has 1 fully saturated rings. The lowest BCUT2D eigenvalue weighted by Gasteiger charge is -2.33. The van der Waals surface area contributed by atoms with Crippen molar-refractivity contribution in [2.45, 2.75) is 25.7 Å². The van der Waals surface area contributed by atoms with Gasteiger partial charge in [0.05, 0.1) is 0 Å². The van der Waals surface area contributed by atoms with Crippen molar-refractivity contribution in [3.8, 4) is 11.4 Å². The van der Waals surface area contributed by atoms with Gasteiger partial charge in [0, 0.05) is 56.1 Å². The van der Waals surface area contributed by atoms with Crippen LogP contribution in [-0.4, -0.2) is 51.6 Å². The average molecular weight is 452 g/mol. The fourth-order valence-corrected chi connectivity index (χ4v) is 3.78. The smallest absolute Gasteiger partial charge is 0.319 e. The zero-order valence-corrected chi connectivity index (χ0v) is 18.0. The van der Waals surface area contributed by atoms with Crippen LogP contribution in [0, 0.1) is 11.7 Å². The quantitative estimate of drug-likeness (QED) is 0.569. The molecule has 4 rings (SSSR count). The minimum atomic E-state index is -0.414. The van der Waals surface area contributed by atoms with Crippen molar-refractivity contribution in [2.75, 3.05) is 25.0 Å². The first kappa shape index (κ1) is 22.4. The second-order valence-corrected chi connectivity index (χ2v) is 7.94. The molecule has 0 spiro atoms. The highest BCUT2D eigenvalue weighted by Gasteiger charge is 2.24. The first-order valence-electron chi connectivity index (χ1n) is 10.9. The molecule has 1 aliphatic rings. The number of amides is 3. The van der Waals surface area contributed by atoms with E-state index >= 15 is 0 Å². The molecule has 0 saturated carbocycles. The van der Waals surface area contributed by atoms with Crippen LogP contribution in [0.15, 0.2) is 53.3 Å². The molecule has 3 aromatic rings. The Labute approximate surface area is 190 Å². The van der Waals surface area contributed by atoms with Gasteiger partial charge in [0.1, 0.15) is 5.82 Å². The number of likely N-dealkylation sites (tertiary alicyclic amines) is 1. The molecule has 1 unspecified atom stereocenters. The number of hydrogen-bond donors (Lipinski definition) is 2. The lowest BCUT2D eigenvalue weighted by atomic mass is 9.97. The van der Waals surface area contributed by atoms with E-state index in [2.05, 4.69) is 25.8 Å². The van der Waals surface area contributed by atoms with Gasteiger partial charge in [-0.3, -0.25) is 9.78 Å². The van der Waals surface area contributed by atoms with Crippen molar-refractivity contribution in [3.05, 3.63) is 60.5 Å². The van der Waals surface area contributed by atoms with Crippen LogP contribution in [-0.2, 0) is 11.2 Å². The molecule has 1 aliphatic heterocycles. The summed E-state index contributed by atoms with van der Waals surface area (Å²) in [6.07, 6.45) is 5.74. The van der Waals surface area contributed by atoms with E-state index in [9.17, 15) is 14.0 Å². The number of benzene rings is 1. The maximum Gasteiger partial charge on any atom is 0.319 e. The predicted molar refractivity (Wildman–Crippen MR) is 119 cm³/mol. The van der Waals surface area contributed by atoms with Crippen LogP contribution >= 0.6 is 0 Å². The number of anilines is 1. The first-order valence-corrected chi connectivity index (χ1v) is 10.9. The number of nitrogens with zero attached hydrogens (tertiary/aromatic N) is 4. The summed E-state index contributed by atoms with van der Waals surface area (Å²) in [4.78, 5) is 34.9. The van der Waals surface area contributed by atoms with Gasteiger partial charge in [0.2, 0.25) is 17.6 Å². The number of urea groups is 1. The number of aryl methyl sites for hydroxylation is 1. The molecule has 0 aliphatic carbocycles. The van der Waals surface area contributed by atoms with E-state index in [1.165, 1.54) is 18.2 Å². The number of carbonyl (C=O) groups is 2.